The smallest absolute Gasteiger partial charge is 0.229 e. The summed E-state index contributed by atoms with van der Waals surface area (Å²) in [5, 5.41) is 11.8. The molecular formula is C26H29N5O2. The summed E-state index contributed by atoms with van der Waals surface area (Å²) in [4.78, 5) is 27.2. The van der Waals surface area contributed by atoms with Crippen molar-refractivity contribution in [2.75, 3.05) is 11.9 Å². The molecule has 1 unspecified atom stereocenters. The maximum absolute atomic E-state index is 13.0. The van der Waals surface area contributed by atoms with Crippen LogP contribution in [0.25, 0.3) is 11.4 Å². The number of anilines is 1. The molecule has 2 aliphatic rings. The van der Waals surface area contributed by atoms with E-state index in [-0.39, 0.29) is 24.2 Å². The number of amides is 2. The first kappa shape index (κ1) is 21.4. The molecule has 7 heteroatoms. The minimum Gasteiger partial charge on any atom is -0.338 e. The number of nitrogens with zero attached hydrogens (tertiary/aromatic N) is 4. The van der Waals surface area contributed by atoms with E-state index in [1.165, 1.54) is 12.0 Å². The summed E-state index contributed by atoms with van der Waals surface area (Å²) in [5.41, 5.74) is 3.92. The van der Waals surface area contributed by atoms with Crippen LogP contribution in [0.3, 0.4) is 0 Å². The summed E-state index contributed by atoms with van der Waals surface area (Å²) in [6, 6.07) is 15.9. The van der Waals surface area contributed by atoms with Crippen LogP contribution >= 0.6 is 0 Å². The number of nitrogens with one attached hydrogen (secondary N) is 1. The van der Waals surface area contributed by atoms with E-state index in [1.807, 2.05) is 55.5 Å². The lowest BCUT2D eigenvalue weighted by molar-refractivity contribution is -0.128. The Kier molecular flexibility index (Phi) is 5.94. The van der Waals surface area contributed by atoms with E-state index in [0.717, 1.165) is 48.6 Å². The fraction of sp³-hybridized carbons (Fsp3) is 0.385. The van der Waals surface area contributed by atoms with Crippen molar-refractivity contribution in [3.63, 3.8) is 0 Å². The van der Waals surface area contributed by atoms with Crippen LogP contribution in [-0.4, -0.2) is 38.0 Å². The van der Waals surface area contributed by atoms with E-state index < -0.39 is 0 Å². The molecule has 2 aromatic carbocycles. The predicted molar refractivity (Wildman–Crippen MR) is 126 cm³/mol. The zero-order valence-electron chi connectivity index (χ0n) is 19.0. The monoisotopic (exact) mass is 443 g/mol. The second-order valence-corrected chi connectivity index (χ2v) is 9.13. The van der Waals surface area contributed by atoms with Crippen LogP contribution in [0.1, 0.15) is 42.6 Å². The van der Waals surface area contributed by atoms with Crippen molar-refractivity contribution in [2.24, 2.45) is 5.92 Å². The molecule has 1 saturated heterocycles. The Hall–Kier alpha value is -3.48. The van der Waals surface area contributed by atoms with Crippen LogP contribution in [0.2, 0.25) is 0 Å². The molecule has 2 amide bonds. The summed E-state index contributed by atoms with van der Waals surface area (Å²) < 4.78 is 2.20. The van der Waals surface area contributed by atoms with Gasteiger partial charge < -0.3 is 14.8 Å². The Morgan fingerprint density at radius 2 is 1.94 bits per heavy atom. The zero-order chi connectivity index (χ0) is 22.8. The van der Waals surface area contributed by atoms with Crippen LogP contribution in [0.5, 0.6) is 0 Å². The average molecular weight is 444 g/mol. The molecule has 2 aliphatic heterocycles. The Bertz CT molecular complexity index is 1170. The summed E-state index contributed by atoms with van der Waals surface area (Å²) in [6.07, 6.45) is 4.69. The molecular weight excluding hydrogens is 414 g/mol. The van der Waals surface area contributed by atoms with Crippen molar-refractivity contribution in [3.05, 3.63) is 65.5 Å². The molecule has 1 N–H and O–H groups in total. The molecule has 0 saturated carbocycles. The van der Waals surface area contributed by atoms with Gasteiger partial charge in [-0.25, -0.2) is 0 Å². The van der Waals surface area contributed by atoms with Gasteiger partial charge in [-0.2, -0.15) is 0 Å². The molecule has 1 aromatic heterocycles. The van der Waals surface area contributed by atoms with Gasteiger partial charge in [0.25, 0.3) is 0 Å². The molecule has 1 atom stereocenters. The van der Waals surface area contributed by atoms with Gasteiger partial charge in [-0.15, -0.1) is 10.2 Å². The Balaban J connectivity index is 1.26. The van der Waals surface area contributed by atoms with E-state index in [4.69, 9.17) is 0 Å². The van der Waals surface area contributed by atoms with Crippen LogP contribution < -0.4 is 5.32 Å². The summed E-state index contributed by atoms with van der Waals surface area (Å²) in [6.45, 7) is 3.95. The largest absolute Gasteiger partial charge is 0.338 e. The molecule has 170 valence electrons. The zero-order valence-corrected chi connectivity index (χ0v) is 19.0. The van der Waals surface area contributed by atoms with Gasteiger partial charge >= 0.3 is 0 Å². The Morgan fingerprint density at radius 3 is 2.79 bits per heavy atom. The minimum absolute atomic E-state index is 0.0237. The Labute approximate surface area is 193 Å². The summed E-state index contributed by atoms with van der Waals surface area (Å²) in [5.74, 6) is 1.44. The normalized spacial score (nSPS) is 18.2. The van der Waals surface area contributed by atoms with Crippen molar-refractivity contribution in [1.29, 1.82) is 0 Å². The fourth-order valence-corrected chi connectivity index (χ4v) is 4.69. The van der Waals surface area contributed by atoms with Crippen molar-refractivity contribution in [1.82, 2.24) is 19.7 Å². The average Bonchev–Trinajstić information content (AvgIpc) is 3.30. The topological polar surface area (TPSA) is 80.1 Å². The first-order valence-electron chi connectivity index (χ1n) is 11.7. The van der Waals surface area contributed by atoms with Crippen molar-refractivity contribution in [3.8, 4) is 11.4 Å². The van der Waals surface area contributed by atoms with Gasteiger partial charge in [0.2, 0.25) is 11.8 Å². The molecule has 5 rings (SSSR count). The van der Waals surface area contributed by atoms with Crippen molar-refractivity contribution < 1.29 is 9.59 Å². The van der Waals surface area contributed by atoms with Crippen LogP contribution in [-0.2, 0) is 29.1 Å². The maximum Gasteiger partial charge on any atom is 0.229 e. The number of fused-ring (bicyclic) bond motifs is 1. The molecule has 7 nitrogen and oxygen atoms in total. The van der Waals surface area contributed by atoms with Gasteiger partial charge in [0.1, 0.15) is 5.82 Å². The van der Waals surface area contributed by atoms with E-state index in [2.05, 4.69) is 20.1 Å². The third-order valence-electron chi connectivity index (χ3n) is 6.58. The molecule has 0 radical (unpaired) electrons. The number of carbonyl (C=O) groups is 2. The number of rotatable bonds is 5. The number of aryl methyl sites for hydroxylation is 2. The highest BCUT2D eigenvalue weighted by Gasteiger charge is 2.34. The van der Waals surface area contributed by atoms with Crippen LogP contribution in [0.4, 0.5) is 5.69 Å². The lowest BCUT2D eigenvalue weighted by Gasteiger charge is -2.17. The number of carbonyl (C=O) groups excluding carboxylic acids is 2. The molecule has 0 bridgehead atoms. The highest BCUT2D eigenvalue weighted by molar-refractivity contribution is 5.97. The van der Waals surface area contributed by atoms with Gasteiger partial charge in [-0.3, -0.25) is 9.59 Å². The molecule has 33 heavy (non-hydrogen) atoms. The van der Waals surface area contributed by atoms with Crippen molar-refractivity contribution in [2.45, 2.75) is 52.1 Å². The van der Waals surface area contributed by atoms with Gasteiger partial charge in [-0.05, 0) is 37.5 Å². The van der Waals surface area contributed by atoms with Crippen molar-refractivity contribution >= 4 is 17.5 Å². The van der Waals surface area contributed by atoms with E-state index in [9.17, 15) is 9.59 Å². The molecule has 3 heterocycles. The Morgan fingerprint density at radius 1 is 1.09 bits per heavy atom. The third kappa shape index (κ3) is 4.67. The van der Waals surface area contributed by atoms with Gasteiger partial charge in [0.05, 0.1) is 5.92 Å². The van der Waals surface area contributed by atoms with Gasteiger partial charge in [-0.1, -0.05) is 48.4 Å². The summed E-state index contributed by atoms with van der Waals surface area (Å²) >= 11 is 0. The number of likely N-dealkylation sites (tertiary alicyclic amines) is 1. The molecule has 3 aromatic rings. The second kappa shape index (κ2) is 9.17. The predicted octanol–water partition coefficient (Wildman–Crippen LogP) is 3.97. The first-order valence-corrected chi connectivity index (χ1v) is 11.7. The number of hydrogen-bond donors (Lipinski definition) is 1. The number of benzene rings is 2. The molecule has 0 aliphatic carbocycles. The first-order chi connectivity index (χ1) is 16.1. The highest BCUT2D eigenvalue weighted by Crippen LogP contribution is 2.26. The number of hydrogen-bond acceptors (Lipinski definition) is 4. The van der Waals surface area contributed by atoms with E-state index in [1.54, 1.807) is 4.90 Å². The van der Waals surface area contributed by atoms with Crippen LogP contribution in [0.15, 0.2) is 48.5 Å². The molecule has 0 spiro atoms. The quantitative estimate of drug-likeness (QED) is 0.647. The second-order valence-electron chi connectivity index (χ2n) is 9.13. The SMILES string of the molecule is Cc1ccc(CN2CC(C(=O)Nc3cccc(-c4nnc5n4CCCCC5)c3)CC2=O)cc1. The van der Waals surface area contributed by atoms with E-state index >= 15 is 0 Å². The lowest BCUT2D eigenvalue weighted by Crippen LogP contribution is -2.28. The maximum atomic E-state index is 13.0. The van der Waals surface area contributed by atoms with Crippen LogP contribution in [0, 0.1) is 12.8 Å². The fourth-order valence-electron chi connectivity index (χ4n) is 4.69. The van der Waals surface area contributed by atoms with Gasteiger partial charge in [0.15, 0.2) is 5.82 Å². The minimum atomic E-state index is -0.351. The molecule has 1 fully saturated rings. The highest BCUT2D eigenvalue weighted by atomic mass is 16.2. The van der Waals surface area contributed by atoms with Gasteiger partial charge in [0, 0.05) is 43.7 Å². The van der Waals surface area contributed by atoms with E-state index in [0.29, 0.717) is 18.8 Å². The standard InChI is InChI=1S/C26H29N5O2/c1-18-9-11-19(12-10-18)16-30-17-21(15-24(30)32)26(33)27-22-7-5-6-20(14-22)25-29-28-23-8-3-2-4-13-31(23)25/h5-7,9-12,14,21H,2-4,8,13,15-17H2,1H3,(H,27,33). The summed E-state index contributed by atoms with van der Waals surface area (Å²) in [7, 11) is 0. The number of aromatic nitrogens is 3. The lowest BCUT2D eigenvalue weighted by atomic mass is 10.1. The third-order valence-corrected chi connectivity index (χ3v) is 6.58.